The van der Waals surface area contributed by atoms with Crippen LogP contribution in [-0.2, 0) is 4.74 Å². The molecule has 0 saturated heterocycles. The van der Waals surface area contributed by atoms with Gasteiger partial charge in [-0.2, -0.15) is 0 Å². The summed E-state index contributed by atoms with van der Waals surface area (Å²) in [6.07, 6.45) is 7.30. The van der Waals surface area contributed by atoms with Crippen LogP contribution < -0.4 is 10.6 Å². The first kappa shape index (κ1) is 13.4. The second-order valence-electron chi connectivity index (χ2n) is 5.21. The molecule has 4 nitrogen and oxygen atoms in total. The predicted molar refractivity (Wildman–Crippen MR) is 74.8 cm³/mol. The fourth-order valence-corrected chi connectivity index (χ4v) is 3.17. The Morgan fingerprint density at radius 3 is 2.83 bits per heavy atom. The van der Waals surface area contributed by atoms with Crippen molar-refractivity contribution in [1.29, 1.82) is 0 Å². The normalized spacial score (nSPS) is 29.3. The minimum absolute atomic E-state index is 0.377. The maximum atomic E-state index is 5.85. The molecule has 1 spiro atoms. The molecule has 2 aliphatic carbocycles. The Bertz CT molecular complexity index is 323. The molecule has 0 aliphatic heterocycles. The van der Waals surface area contributed by atoms with Crippen molar-refractivity contribution in [1.82, 2.24) is 10.6 Å². The van der Waals surface area contributed by atoms with E-state index >= 15 is 0 Å². The molecular weight excluding hydrogens is 226 g/mol. The van der Waals surface area contributed by atoms with Crippen molar-refractivity contribution in [3.8, 4) is 0 Å². The highest BCUT2D eigenvalue weighted by Gasteiger charge is 2.59. The summed E-state index contributed by atoms with van der Waals surface area (Å²) in [7, 11) is 1.81. The number of aliphatic imine (C=N–C) groups is 1. The van der Waals surface area contributed by atoms with Crippen molar-refractivity contribution in [3.63, 3.8) is 0 Å². The van der Waals surface area contributed by atoms with E-state index in [2.05, 4.69) is 29.1 Å². The van der Waals surface area contributed by atoms with E-state index in [1.165, 1.54) is 19.3 Å². The van der Waals surface area contributed by atoms with Crippen LogP contribution in [0.5, 0.6) is 0 Å². The maximum Gasteiger partial charge on any atom is 0.191 e. The Balaban J connectivity index is 1.88. The van der Waals surface area contributed by atoms with Gasteiger partial charge in [0.15, 0.2) is 5.96 Å². The lowest BCUT2D eigenvalue weighted by Gasteiger charge is -2.61. The van der Waals surface area contributed by atoms with Crippen LogP contribution in [0.3, 0.4) is 0 Å². The molecule has 2 rings (SSSR count). The smallest absolute Gasteiger partial charge is 0.191 e. The molecule has 2 aliphatic rings. The van der Waals surface area contributed by atoms with Gasteiger partial charge in [0, 0.05) is 31.7 Å². The van der Waals surface area contributed by atoms with Crippen molar-refractivity contribution in [3.05, 3.63) is 12.7 Å². The lowest BCUT2D eigenvalue weighted by molar-refractivity contribution is -0.168. The van der Waals surface area contributed by atoms with Crippen LogP contribution in [0.15, 0.2) is 17.6 Å². The summed E-state index contributed by atoms with van der Waals surface area (Å²) in [6.45, 7) is 7.35. The standard InChI is InChI=1S/C14H25N3O/c1-4-9-16-13(15-3)17-11-10-12(18-5-2)14(11)7-6-8-14/h4,11-12H,1,5-10H2,2-3H3,(H2,15,16,17). The number of hydrogen-bond acceptors (Lipinski definition) is 2. The van der Waals surface area contributed by atoms with Gasteiger partial charge < -0.3 is 15.4 Å². The summed E-state index contributed by atoms with van der Waals surface area (Å²) in [5.74, 6) is 0.876. The molecule has 2 N–H and O–H groups in total. The number of rotatable bonds is 5. The molecule has 0 aromatic carbocycles. The van der Waals surface area contributed by atoms with Crippen LogP contribution >= 0.6 is 0 Å². The fraction of sp³-hybridized carbons (Fsp3) is 0.786. The Hall–Kier alpha value is -1.03. The first-order chi connectivity index (χ1) is 8.76. The summed E-state index contributed by atoms with van der Waals surface area (Å²) >= 11 is 0. The van der Waals surface area contributed by atoms with Gasteiger partial charge in [-0.05, 0) is 26.2 Å². The third-order valence-electron chi connectivity index (χ3n) is 4.39. The topological polar surface area (TPSA) is 45.7 Å². The summed E-state index contributed by atoms with van der Waals surface area (Å²) in [4.78, 5) is 4.25. The molecule has 0 amide bonds. The molecule has 18 heavy (non-hydrogen) atoms. The molecule has 0 heterocycles. The van der Waals surface area contributed by atoms with Gasteiger partial charge in [0.2, 0.25) is 0 Å². The minimum atomic E-state index is 0.377. The quantitative estimate of drug-likeness (QED) is 0.444. The van der Waals surface area contributed by atoms with E-state index in [4.69, 9.17) is 4.74 Å². The zero-order valence-corrected chi connectivity index (χ0v) is 11.5. The summed E-state index contributed by atoms with van der Waals surface area (Å²) in [6, 6.07) is 0.513. The van der Waals surface area contributed by atoms with Crippen molar-refractivity contribution in [2.45, 2.75) is 44.8 Å². The SMILES string of the molecule is C=CCNC(=NC)NC1CC(OCC)C12CCC2. The molecule has 0 bridgehead atoms. The molecular formula is C14H25N3O. The number of ether oxygens (including phenoxy) is 1. The first-order valence-electron chi connectivity index (χ1n) is 6.96. The molecule has 0 aromatic rings. The highest BCUT2D eigenvalue weighted by atomic mass is 16.5. The molecule has 2 saturated carbocycles. The Kier molecular flexibility index (Phi) is 4.27. The molecule has 0 radical (unpaired) electrons. The van der Waals surface area contributed by atoms with Crippen LogP contribution in [0.2, 0.25) is 0 Å². The van der Waals surface area contributed by atoms with Crippen molar-refractivity contribution < 1.29 is 4.74 Å². The highest BCUT2D eigenvalue weighted by molar-refractivity contribution is 5.80. The van der Waals surface area contributed by atoms with E-state index in [0.29, 0.717) is 17.6 Å². The van der Waals surface area contributed by atoms with Gasteiger partial charge >= 0.3 is 0 Å². The molecule has 0 aromatic heterocycles. The molecule has 2 unspecified atom stereocenters. The van der Waals surface area contributed by atoms with Crippen LogP contribution in [0.25, 0.3) is 0 Å². The molecule has 2 atom stereocenters. The van der Waals surface area contributed by atoms with Crippen molar-refractivity contribution >= 4 is 5.96 Å². The summed E-state index contributed by atoms with van der Waals surface area (Å²) < 4.78 is 5.85. The number of guanidine groups is 1. The van der Waals surface area contributed by atoms with E-state index in [1.54, 1.807) is 0 Å². The van der Waals surface area contributed by atoms with Gasteiger partial charge in [0.1, 0.15) is 0 Å². The lowest BCUT2D eigenvalue weighted by Crippen LogP contribution is -2.68. The van der Waals surface area contributed by atoms with Gasteiger partial charge in [0.25, 0.3) is 0 Å². The van der Waals surface area contributed by atoms with Crippen molar-refractivity contribution in [2.75, 3.05) is 20.2 Å². The van der Waals surface area contributed by atoms with Gasteiger partial charge in [-0.3, -0.25) is 4.99 Å². The monoisotopic (exact) mass is 251 g/mol. The van der Waals surface area contributed by atoms with Crippen LogP contribution in [0.1, 0.15) is 32.6 Å². The number of nitrogens with zero attached hydrogens (tertiary/aromatic N) is 1. The average Bonchev–Trinajstić information content (AvgIpc) is 2.29. The molecule has 2 fully saturated rings. The third-order valence-corrected chi connectivity index (χ3v) is 4.39. The van der Waals surface area contributed by atoms with Gasteiger partial charge in [-0.1, -0.05) is 12.5 Å². The number of nitrogens with one attached hydrogen (secondary N) is 2. The Morgan fingerprint density at radius 2 is 2.33 bits per heavy atom. The summed E-state index contributed by atoms with van der Waals surface area (Å²) in [5, 5.41) is 6.76. The molecule has 102 valence electrons. The van der Waals surface area contributed by atoms with E-state index in [0.717, 1.165) is 25.5 Å². The lowest BCUT2D eigenvalue weighted by atomic mass is 9.51. The minimum Gasteiger partial charge on any atom is -0.378 e. The van der Waals surface area contributed by atoms with Gasteiger partial charge in [-0.25, -0.2) is 0 Å². The maximum absolute atomic E-state index is 5.85. The van der Waals surface area contributed by atoms with E-state index in [-0.39, 0.29) is 0 Å². The molecule has 4 heteroatoms. The third kappa shape index (κ3) is 2.26. The first-order valence-corrected chi connectivity index (χ1v) is 6.96. The van der Waals surface area contributed by atoms with E-state index < -0.39 is 0 Å². The van der Waals surface area contributed by atoms with Gasteiger partial charge in [-0.15, -0.1) is 6.58 Å². The van der Waals surface area contributed by atoms with Crippen LogP contribution in [-0.4, -0.2) is 38.3 Å². The van der Waals surface area contributed by atoms with Crippen LogP contribution in [0.4, 0.5) is 0 Å². The second-order valence-corrected chi connectivity index (χ2v) is 5.21. The van der Waals surface area contributed by atoms with Gasteiger partial charge in [0.05, 0.1) is 6.10 Å². The average molecular weight is 251 g/mol. The zero-order valence-electron chi connectivity index (χ0n) is 11.5. The fourth-order valence-electron chi connectivity index (χ4n) is 3.17. The Morgan fingerprint density at radius 1 is 1.56 bits per heavy atom. The number of hydrogen-bond donors (Lipinski definition) is 2. The largest absolute Gasteiger partial charge is 0.378 e. The predicted octanol–water partition coefficient (Wildman–Crippen LogP) is 1.69. The summed E-state index contributed by atoms with van der Waals surface area (Å²) in [5.41, 5.74) is 0.377. The second kappa shape index (κ2) is 5.74. The zero-order chi connectivity index (χ0) is 13.0. The highest BCUT2D eigenvalue weighted by Crippen LogP contribution is 2.57. The van der Waals surface area contributed by atoms with E-state index in [9.17, 15) is 0 Å². The van der Waals surface area contributed by atoms with Crippen molar-refractivity contribution in [2.24, 2.45) is 10.4 Å². The van der Waals surface area contributed by atoms with Crippen LogP contribution in [0, 0.1) is 5.41 Å². The van der Waals surface area contributed by atoms with E-state index in [1.807, 2.05) is 13.1 Å². The Labute approximate surface area is 110 Å².